The summed E-state index contributed by atoms with van der Waals surface area (Å²) in [5, 5.41) is 1.88. The fourth-order valence-corrected chi connectivity index (χ4v) is 3.37. The highest BCUT2D eigenvalue weighted by molar-refractivity contribution is 6.08. The van der Waals surface area contributed by atoms with Crippen LogP contribution in [0.5, 0.6) is 5.75 Å². The Hall–Kier alpha value is -3.15. The minimum atomic E-state index is 0.0532. The maximum atomic E-state index is 13.1. The Kier molecular flexibility index (Phi) is 4.39. The van der Waals surface area contributed by atoms with Gasteiger partial charge in [0.25, 0.3) is 5.91 Å². The standard InChI is InChI=1S/C20H20N4O2/c1-26-18-8-7-17(15-5-2-3-6-16(15)18)19(25)23-11-13-24(14-12-23)20-21-9-4-10-22-20/h2-10H,11-14H2,1H3. The Morgan fingerprint density at radius 2 is 1.62 bits per heavy atom. The van der Waals surface area contributed by atoms with E-state index in [1.807, 2.05) is 41.3 Å². The van der Waals surface area contributed by atoms with Gasteiger partial charge in [-0.3, -0.25) is 4.79 Å². The number of piperazine rings is 1. The third-order valence-corrected chi connectivity index (χ3v) is 4.74. The Labute approximate surface area is 152 Å². The van der Waals surface area contributed by atoms with Crippen molar-refractivity contribution in [2.45, 2.75) is 0 Å². The van der Waals surface area contributed by atoms with Crippen LogP contribution < -0.4 is 9.64 Å². The SMILES string of the molecule is COc1ccc(C(=O)N2CCN(c3ncccn3)CC2)c2ccccc12. The van der Waals surface area contributed by atoms with E-state index in [1.165, 1.54) is 0 Å². The van der Waals surface area contributed by atoms with E-state index in [2.05, 4.69) is 14.9 Å². The van der Waals surface area contributed by atoms with Crippen molar-refractivity contribution < 1.29 is 9.53 Å². The number of methoxy groups -OCH3 is 1. The summed E-state index contributed by atoms with van der Waals surface area (Å²) in [6.45, 7) is 2.75. The highest BCUT2D eigenvalue weighted by atomic mass is 16.5. The van der Waals surface area contributed by atoms with Crippen LogP contribution in [0.15, 0.2) is 54.9 Å². The van der Waals surface area contributed by atoms with Gasteiger partial charge in [-0.2, -0.15) is 0 Å². The van der Waals surface area contributed by atoms with Gasteiger partial charge in [0, 0.05) is 49.5 Å². The number of nitrogens with zero attached hydrogens (tertiary/aromatic N) is 4. The van der Waals surface area contributed by atoms with Crippen molar-refractivity contribution in [3.63, 3.8) is 0 Å². The molecule has 0 atom stereocenters. The number of ether oxygens (including phenoxy) is 1. The van der Waals surface area contributed by atoms with Crippen LogP contribution in [0.1, 0.15) is 10.4 Å². The molecule has 1 saturated heterocycles. The van der Waals surface area contributed by atoms with Crippen LogP contribution in [0, 0.1) is 0 Å². The predicted molar refractivity (Wildman–Crippen MR) is 101 cm³/mol. The zero-order valence-electron chi connectivity index (χ0n) is 14.6. The van der Waals surface area contributed by atoms with Gasteiger partial charge in [-0.1, -0.05) is 24.3 Å². The number of amides is 1. The fourth-order valence-electron chi connectivity index (χ4n) is 3.37. The van der Waals surface area contributed by atoms with Gasteiger partial charge in [-0.15, -0.1) is 0 Å². The Morgan fingerprint density at radius 1 is 0.923 bits per heavy atom. The fraction of sp³-hybridized carbons (Fsp3) is 0.250. The zero-order chi connectivity index (χ0) is 17.9. The first-order chi connectivity index (χ1) is 12.8. The Morgan fingerprint density at radius 3 is 2.31 bits per heavy atom. The molecule has 0 N–H and O–H groups in total. The number of carbonyl (C=O) groups excluding carboxylic acids is 1. The van der Waals surface area contributed by atoms with Gasteiger partial charge < -0.3 is 14.5 Å². The molecule has 6 nitrogen and oxygen atoms in total. The summed E-state index contributed by atoms with van der Waals surface area (Å²) in [5.41, 5.74) is 0.714. The summed E-state index contributed by atoms with van der Waals surface area (Å²) in [5.74, 6) is 1.55. The number of carbonyl (C=O) groups is 1. The summed E-state index contributed by atoms with van der Waals surface area (Å²) in [4.78, 5) is 25.7. The summed E-state index contributed by atoms with van der Waals surface area (Å²) in [6.07, 6.45) is 3.48. The second-order valence-corrected chi connectivity index (χ2v) is 6.19. The number of fused-ring (bicyclic) bond motifs is 1. The van der Waals surface area contributed by atoms with Crippen molar-refractivity contribution in [1.82, 2.24) is 14.9 Å². The normalized spacial score (nSPS) is 14.5. The van der Waals surface area contributed by atoms with Gasteiger partial charge >= 0.3 is 0 Å². The zero-order valence-corrected chi connectivity index (χ0v) is 14.6. The van der Waals surface area contributed by atoms with Crippen molar-refractivity contribution in [2.75, 3.05) is 38.2 Å². The van der Waals surface area contributed by atoms with E-state index < -0.39 is 0 Å². The van der Waals surface area contributed by atoms with Crippen molar-refractivity contribution in [2.24, 2.45) is 0 Å². The first kappa shape index (κ1) is 16.3. The summed E-state index contributed by atoms with van der Waals surface area (Å²) < 4.78 is 5.43. The number of anilines is 1. The van der Waals surface area contributed by atoms with Crippen LogP contribution in [0.4, 0.5) is 5.95 Å². The predicted octanol–water partition coefficient (Wildman–Crippen LogP) is 2.60. The molecule has 0 bridgehead atoms. The molecule has 132 valence electrons. The number of hydrogen-bond donors (Lipinski definition) is 0. The van der Waals surface area contributed by atoms with Crippen LogP contribution in [0.25, 0.3) is 10.8 Å². The first-order valence-electron chi connectivity index (χ1n) is 8.65. The molecular weight excluding hydrogens is 328 g/mol. The summed E-state index contributed by atoms with van der Waals surface area (Å²) in [6, 6.07) is 13.4. The molecular formula is C20H20N4O2. The lowest BCUT2D eigenvalue weighted by atomic mass is 10.0. The molecule has 0 saturated carbocycles. The number of benzene rings is 2. The van der Waals surface area contributed by atoms with Crippen LogP contribution in [0.2, 0.25) is 0 Å². The van der Waals surface area contributed by atoms with Crippen molar-refractivity contribution in [1.29, 1.82) is 0 Å². The first-order valence-corrected chi connectivity index (χ1v) is 8.65. The molecule has 0 aliphatic carbocycles. The van der Waals surface area contributed by atoms with Crippen LogP contribution in [-0.2, 0) is 0 Å². The maximum Gasteiger partial charge on any atom is 0.254 e. The molecule has 0 unspecified atom stereocenters. The van der Waals surface area contributed by atoms with Crippen LogP contribution in [0.3, 0.4) is 0 Å². The highest BCUT2D eigenvalue weighted by Crippen LogP contribution is 2.29. The van der Waals surface area contributed by atoms with E-state index in [4.69, 9.17) is 4.74 Å². The molecule has 1 aliphatic rings. The Balaban J connectivity index is 1.55. The highest BCUT2D eigenvalue weighted by Gasteiger charge is 2.24. The third-order valence-electron chi connectivity index (χ3n) is 4.74. The maximum absolute atomic E-state index is 13.1. The van der Waals surface area contributed by atoms with E-state index in [1.54, 1.807) is 25.6 Å². The molecule has 6 heteroatoms. The topological polar surface area (TPSA) is 58.6 Å². The molecule has 2 heterocycles. The van der Waals surface area contributed by atoms with Gasteiger partial charge in [-0.05, 0) is 23.6 Å². The average Bonchev–Trinajstić information content (AvgIpc) is 2.73. The number of aromatic nitrogens is 2. The van der Waals surface area contributed by atoms with Gasteiger partial charge in [0.2, 0.25) is 5.95 Å². The van der Waals surface area contributed by atoms with E-state index >= 15 is 0 Å². The molecule has 0 spiro atoms. The van der Waals surface area contributed by atoms with Gasteiger partial charge in [-0.25, -0.2) is 9.97 Å². The lowest BCUT2D eigenvalue weighted by Crippen LogP contribution is -2.49. The summed E-state index contributed by atoms with van der Waals surface area (Å²) >= 11 is 0. The monoisotopic (exact) mass is 348 g/mol. The van der Waals surface area contributed by atoms with E-state index in [0.717, 1.165) is 35.6 Å². The van der Waals surface area contributed by atoms with Crippen molar-refractivity contribution in [3.05, 3.63) is 60.4 Å². The number of hydrogen-bond acceptors (Lipinski definition) is 5. The van der Waals surface area contributed by atoms with Gasteiger partial charge in [0.15, 0.2) is 0 Å². The van der Waals surface area contributed by atoms with Crippen molar-refractivity contribution in [3.8, 4) is 5.75 Å². The molecule has 1 aliphatic heterocycles. The number of rotatable bonds is 3. The lowest BCUT2D eigenvalue weighted by Gasteiger charge is -2.34. The largest absolute Gasteiger partial charge is 0.496 e. The van der Waals surface area contributed by atoms with E-state index in [0.29, 0.717) is 18.7 Å². The molecule has 4 rings (SSSR count). The van der Waals surface area contributed by atoms with Crippen molar-refractivity contribution >= 4 is 22.6 Å². The Bertz CT molecular complexity index is 922. The molecule has 3 aromatic rings. The minimum Gasteiger partial charge on any atom is -0.496 e. The molecule has 2 aromatic carbocycles. The van der Waals surface area contributed by atoms with E-state index in [-0.39, 0.29) is 5.91 Å². The molecule has 1 fully saturated rings. The van der Waals surface area contributed by atoms with Crippen LogP contribution in [-0.4, -0.2) is 54.1 Å². The molecule has 1 aromatic heterocycles. The molecule has 26 heavy (non-hydrogen) atoms. The molecule has 0 radical (unpaired) electrons. The average molecular weight is 348 g/mol. The minimum absolute atomic E-state index is 0.0532. The quantitative estimate of drug-likeness (QED) is 0.728. The van der Waals surface area contributed by atoms with Gasteiger partial charge in [0.1, 0.15) is 5.75 Å². The second-order valence-electron chi connectivity index (χ2n) is 6.19. The smallest absolute Gasteiger partial charge is 0.254 e. The second kappa shape index (κ2) is 7.00. The van der Waals surface area contributed by atoms with E-state index in [9.17, 15) is 4.79 Å². The molecule has 1 amide bonds. The summed E-state index contributed by atoms with van der Waals surface area (Å²) in [7, 11) is 1.65. The lowest BCUT2D eigenvalue weighted by molar-refractivity contribution is 0.0748. The van der Waals surface area contributed by atoms with Crippen LogP contribution >= 0.6 is 0 Å². The third kappa shape index (κ3) is 2.94. The van der Waals surface area contributed by atoms with Gasteiger partial charge in [0.05, 0.1) is 7.11 Å².